The Morgan fingerprint density at radius 2 is 2.32 bits per heavy atom. The number of hydrogen-bond donors (Lipinski definition) is 1. The Kier molecular flexibility index (Phi) is 4.11. The zero-order chi connectivity index (χ0) is 14.0. The van der Waals surface area contributed by atoms with E-state index in [0.717, 1.165) is 4.88 Å². The quantitative estimate of drug-likeness (QED) is 0.881. The smallest absolute Gasteiger partial charge is 0.359 e. The number of nitrogens with two attached hydrogens (primary N) is 1. The van der Waals surface area contributed by atoms with Crippen molar-refractivity contribution in [2.24, 2.45) is 7.05 Å². The normalized spacial score (nSPS) is 10.7. The van der Waals surface area contributed by atoms with Gasteiger partial charge in [-0.1, -0.05) is 18.5 Å². The molecule has 0 unspecified atom stereocenters. The number of aromatic nitrogens is 2. The minimum atomic E-state index is -0.475. The second-order valence-electron chi connectivity index (χ2n) is 3.97. The number of esters is 1. The highest BCUT2D eigenvalue weighted by molar-refractivity contribution is 7.16. The molecular weight excluding hydrogens is 286 g/mol. The van der Waals surface area contributed by atoms with E-state index in [-0.39, 0.29) is 6.61 Å². The average molecular weight is 300 g/mol. The van der Waals surface area contributed by atoms with Crippen molar-refractivity contribution in [3.63, 3.8) is 0 Å². The molecule has 0 aliphatic rings. The topological polar surface area (TPSA) is 70.1 Å². The molecule has 0 aromatic carbocycles. The van der Waals surface area contributed by atoms with Crippen LogP contribution in [0.4, 0.5) is 5.69 Å². The van der Waals surface area contributed by atoms with E-state index in [1.807, 2.05) is 13.0 Å². The predicted octanol–water partition coefficient (Wildman–Crippen LogP) is 2.64. The molecule has 0 atom stereocenters. The molecule has 2 heterocycles. The summed E-state index contributed by atoms with van der Waals surface area (Å²) >= 11 is 7.19. The fourth-order valence-corrected chi connectivity index (χ4v) is 2.73. The molecule has 0 saturated heterocycles. The Bertz CT molecular complexity index is 606. The molecule has 0 amide bonds. The van der Waals surface area contributed by atoms with Crippen LogP contribution in [-0.4, -0.2) is 15.7 Å². The number of thiophene rings is 1. The first kappa shape index (κ1) is 13.9. The lowest BCUT2D eigenvalue weighted by Crippen LogP contribution is -2.12. The van der Waals surface area contributed by atoms with Gasteiger partial charge in [-0.05, 0) is 18.6 Å². The predicted molar refractivity (Wildman–Crippen MR) is 75.4 cm³/mol. The van der Waals surface area contributed by atoms with Crippen molar-refractivity contribution in [1.29, 1.82) is 0 Å². The molecule has 2 N–H and O–H groups in total. The van der Waals surface area contributed by atoms with Crippen LogP contribution in [0.5, 0.6) is 0 Å². The van der Waals surface area contributed by atoms with E-state index >= 15 is 0 Å². The van der Waals surface area contributed by atoms with Crippen LogP contribution in [0, 0.1) is 0 Å². The number of aryl methyl sites for hydroxylation is 2. The zero-order valence-electron chi connectivity index (χ0n) is 10.6. The van der Waals surface area contributed by atoms with Crippen molar-refractivity contribution >= 4 is 34.6 Å². The Hall–Kier alpha value is -1.53. The van der Waals surface area contributed by atoms with E-state index in [1.54, 1.807) is 13.1 Å². The van der Waals surface area contributed by atoms with Gasteiger partial charge in [0.2, 0.25) is 0 Å². The van der Waals surface area contributed by atoms with Crippen molar-refractivity contribution in [2.45, 2.75) is 20.0 Å². The average Bonchev–Trinajstić information content (AvgIpc) is 2.90. The number of carbonyl (C=O) groups is 1. The first-order chi connectivity index (χ1) is 9.02. The van der Waals surface area contributed by atoms with E-state index < -0.39 is 5.97 Å². The van der Waals surface area contributed by atoms with E-state index in [2.05, 4.69) is 5.10 Å². The summed E-state index contributed by atoms with van der Waals surface area (Å²) in [7, 11) is 1.67. The maximum Gasteiger partial charge on any atom is 0.359 e. The lowest BCUT2D eigenvalue weighted by Gasteiger charge is -2.04. The van der Waals surface area contributed by atoms with Gasteiger partial charge >= 0.3 is 5.97 Å². The molecule has 0 saturated carbocycles. The summed E-state index contributed by atoms with van der Waals surface area (Å²) in [6.45, 7) is 2.11. The zero-order valence-corrected chi connectivity index (χ0v) is 12.2. The van der Waals surface area contributed by atoms with Gasteiger partial charge in [-0.25, -0.2) is 4.79 Å². The Balaban J connectivity index is 2.10. The number of ether oxygens (including phenoxy) is 1. The van der Waals surface area contributed by atoms with Crippen molar-refractivity contribution in [2.75, 3.05) is 5.73 Å². The summed E-state index contributed by atoms with van der Waals surface area (Å²) in [5.41, 5.74) is 7.27. The summed E-state index contributed by atoms with van der Waals surface area (Å²) in [6, 6.07) is 3.59. The van der Waals surface area contributed by atoms with Crippen molar-refractivity contribution in [3.05, 3.63) is 32.7 Å². The number of halogens is 1. The first-order valence-electron chi connectivity index (χ1n) is 5.75. The van der Waals surface area contributed by atoms with Crippen molar-refractivity contribution in [1.82, 2.24) is 9.78 Å². The monoisotopic (exact) mass is 299 g/mol. The third-order valence-corrected chi connectivity index (χ3v) is 3.87. The molecule has 0 fully saturated rings. The molecule has 2 rings (SSSR count). The van der Waals surface area contributed by atoms with E-state index in [0.29, 0.717) is 27.8 Å². The SMILES string of the molecule is CCc1nn(C)c(C(=O)OCc2ccc(Cl)s2)c1N. The lowest BCUT2D eigenvalue weighted by atomic mass is 10.2. The lowest BCUT2D eigenvalue weighted by molar-refractivity contribution is 0.0465. The number of carbonyl (C=O) groups excluding carboxylic acids is 1. The highest BCUT2D eigenvalue weighted by Gasteiger charge is 2.20. The maximum absolute atomic E-state index is 12.0. The number of nitrogens with zero attached hydrogens (tertiary/aromatic N) is 2. The number of nitrogen functional groups attached to an aromatic ring is 1. The minimum Gasteiger partial charge on any atom is -0.455 e. The molecule has 2 aromatic heterocycles. The molecule has 7 heteroatoms. The molecule has 0 bridgehead atoms. The molecule has 0 aliphatic heterocycles. The highest BCUT2D eigenvalue weighted by atomic mass is 35.5. The van der Waals surface area contributed by atoms with E-state index in [9.17, 15) is 4.79 Å². The molecule has 0 aliphatic carbocycles. The molecule has 102 valence electrons. The van der Waals surface area contributed by atoms with Gasteiger partial charge in [0.05, 0.1) is 15.7 Å². The van der Waals surface area contributed by atoms with Crippen molar-refractivity contribution < 1.29 is 9.53 Å². The van der Waals surface area contributed by atoms with Crippen molar-refractivity contribution in [3.8, 4) is 0 Å². The Morgan fingerprint density at radius 3 is 2.84 bits per heavy atom. The molecule has 5 nitrogen and oxygen atoms in total. The molecular formula is C12H14ClN3O2S. The number of rotatable bonds is 4. The van der Waals surface area contributed by atoms with E-state index in [1.165, 1.54) is 16.0 Å². The van der Waals surface area contributed by atoms with Gasteiger partial charge in [0, 0.05) is 11.9 Å². The van der Waals surface area contributed by atoms with Crippen LogP contribution in [0.2, 0.25) is 4.34 Å². The van der Waals surface area contributed by atoms with Gasteiger partial charge in [0.25, 0.3) is 0 Å². The van der Waals surface area contributed by atoms with Gasteiger partial charge in [0.15, 0.2) is 5.69 Å². The van der Waals surface area contributed by atoms with Crippen LogP contribution in [-0.2, 0) is 24.8 Å². The van der Waals surface area contributed by atoms with Gasteiger partial charge in [-0.3, -0.25) is 4.68 Å². The summed E-state index contributed by atoms with van der Waals surface area (Å²) in [6.07, 6.45) is 0.674. The fraction of sp³-hybridized carbons (Fsp3) is 0.333. The Morgan fingerprint density at radius 1 is 1.58 bits per heavy atom. The van der Waals surface area contributed by atoms with Gasteiger partial charge in [-0.15, -0.1) is 11.3 Å². The summed E-state index contributed by atoms with van der Waals surface area (Å²) < 4.78 is 7.34. The number of anilines is 1. The number of hydrogen-bond acceptors (Lipinski definition) is 5. The molecule has 19 heavy (non-hydrogen) atoms. The summed E-state index contributed by atoms with van der Waals surface area (Å²) in [5, 5.41) is 4.18. The van der Waals surface area contributed by atoms with Crippen LogP contribution < -0.4 is 5.73 Å². The van der Waals surface area contributed by atoms with Crippen LogP contribution in [0.25, 0.3) is 0 Å². The van der Waals surface area contributed by atoms with Crippen LogP contribution in [0.1, 0.15) is 28.0 Å². The maximum atomic E-state index is 12.0. The van der Waals surface area contributed by atoms with Crippen LogP contribution >= 0.6 is 22.9 Å². The van der Waals surface area contributed by atoms with E-state index in [4.69, 9.17) is 22.1 Å². The first-order valence-corrected chi connectivity index (χ1v) is 6.95. The third kappa shape index (κ3) is 2.90. The molecule has 0 radical (unpaired) electrons. The summed E-state index contributed by atoms with van der Waals surface area (Å²) in [4.78, 5) is 12.9. The second kappa shape index (κ2) is 5.63. The van der Waals surface area contributed by atoms with Crippen LogP contribution in [0.3, 0.4) is 0 Å². The minimum absolute atomic E-state index is 0.183. The van der Waals surface area contributed by atoms with Gasteiger partial charge in [0.1, 0.15) is 6.61 Å². The highest BCUT2D eigenvalue weighted by Crippen LogP contribution is 2.23. The Labute approximate surface area is 119 Å². The molecule has 2 aromatic rings. The largest absolute Gasteiger partial charge is 0.455 e. The van der Waals surface area contributed by atoms with Gasteiger partial charge < -0.3 is 10.5 Å². The molecule has 0 spiro atoms. The fourth-order valence-electron chi connectivity index (χ4n) is 1.73. The third-order valence-electron chi connectivity index (χ3n) is 2.66. The van der Waals surface area contributed by atoms with Gasteiger partial charge in [-0.2, -0.15) is 5.10 Å². The standard InChI is InChI=1S/C12H14ClN3O2S/c1-3-8-10(14)11(16(2)15-8)12(17)18-6-7-4-5-9(13)19-7/h4-5H,3,6,14H2,1-2H3. The summed E-state index contributed by atoms with van der Waals surface area (Å²) in [5.74, 6) is -0.475. The van der Waals surface area contributed by atoms with Crippen LogP contribution in [0.15, 0.2) is 12.1 Å². The second-order valence-corrected chi connectivity index (χ2v) is 5.77.